The maximum Gasteiger partial charge on any atom is 0.314 e. The zero-order valence-electron chi connectivity index (χ0n) is 16.6. The van der Waals surface area contributed by atoms with Gasteiger partial charge in [0.05, 0.1) is 5.54 Å². The van der Waals surface area contributed by atoms with Crippen LogP contribution in [0.4, 0.5) is 13.2 Å². The summed E-state index contributed by atoms with van der Waals surface area (Å²) >= 11 is 1.56. The summed E-state index contributed by atoms with van der Waals surface area (Å²) in [6.07, 6.45) is -2.90. The van der Waals surface area contributed by atoms with Gasteiger partial charge >= 0.3 is 6.43 Å². The SMILES string of the molecule is NS(=O)(=O)N1CCSCC1(Cc1ccc(-c2nnc(C(F)F)o2)cc1F)c1ccccc1. The van der Waals surface area contributed by atoms with E-state index in [2.05, 4.69) is 10.2 Å². The summed E-state index contributed by atoms with van der Waals surface area (Å²) in [5.41, 5.74) is -0.0146. The van der Waals surface area contributed by atoms with Crippen LogP contribution in [0.1, 0.15) is 23.4 Å². The molecular formula is C20H19F3N4O3S2. The third-order valence-corrected chi connectivity index (χ3v) is 7.58. The molecule has 1 aliphatic heterocycles. The molecule has 1 fully saturated rings. The first-order valence-corrected chi connectivity index (χ1v) is 12.2. The fraction of sp³-hybridized carbons (Fsp3) is 0.300. The summed E-state index contributed by atoms with van der Waals surface area (Å²) in [4.78, 5) is 0. The summed E-state index contributed by atoms with van der Waals surface area (Å²) < 4.78 is 71.5. The van der Waals surface area contributed by atoms with Gasteiger partial charge in [0.15, 0.2) is 0 Å². The Balaban J connectivity index is 1.74. The molecule has 1 unspecified atom stereocenters. The van der Waals surface area contributed by atoms with E-state index < -0.39 is 33.9 Å². The summed E-state index contributed by atoms with van der Waals surface area (Å²) in [6.45, 7) is 0.191. The van der Waals surface area contributed by atoms with Crippen molar-refractivity contribution in [2.45, 2.75) is 18.4 Å². The van der Waals surface area contributed by atoms with Crippen LogP contribution in [0.15, 0.2) is 52.9 Å². The minimum absolute atomic E-state index is 0.0265. The number of benzene rings is 2. The fourth-order valence-corrected chi connectivity index (χ4v) is 6.32. The Morgan fingerprint density at radius 1 is 1.19 bits per heavy atom. The molecule has 2 heterocycles. The molecule has 3 aromatic rings. The first-order chi connectivity index (χ1) is 15.2. The van der Waals surface area contributed by atoms with Gasteiger partial charge in [-0.3, -0.25) is 0 Å². The van der Waals surface area contributed by atoms with Gasteiger partial charge in [-0.25, -0.2) is 9.53 Å². The maximum absolute atomic E-state index is 15.1. The van der Waals surface area contributed by atoms with Gasteiger partial charge in [0, 0.05) is 23.6 Å². The highest BCUT2D eigenvalue weighted by Gasteiger charge is 2.46. The Morgan fingerprint density at radius 2 is 1.94 bits per heavy atom. The molecule has 0 spiro atoms. The van der Waals surface area contributed by atoms with Crippen LogP contribution < -0.4 is 5.14 Å². The Hall–Kier alpha value is -2.41. The molecule has 170 valence electrons. The Bertz CT molecular complexity index is 1210. The highest BCUT2D eigenvalue weighted by atomic mass is 32.2. The summed E-state index contributed by atoms with van der Waals surface area (Å²) in [6, 6.07) is 13.0. The van der Waals surface area contributed by atoms with E-state index in [1.165, 1.54) is 16.4 Å². The molecule has 0 bridgehead atoms. The molecule has 2 aromatic carbocycles. The quantitative estimate of drug-likeness (QED) is 0.575. The number of rotatable bonds is 6. The Labute approximate surface area is 187 Å². The minimum atomic E-state index is -4.08. The van der Waals surface area contributed by atoms with Gasteiger partial charge in [-0.05, 0) is 29.7 Å². The lowest BCUT2D eigenvalue weighted by Crippen LogP contribution is -2.57. The smallest absolute Gasteiger partial charge is 0.314 e. The van der Waals surface area contributed by atoms with E-state index in [9.17, 15) is 17.2 Å². The second kappa shape index (κ2) is 8.85. The predicted octanol–water partition coefficient (Wildman–Crippen LogP) is 3.50. The standard InChI is InChI=1S/C20H19F3N4O3S2/c21-16-10-13(18-25-26-19(30-18)17(22)23)6-7-14(16)11-20(15-4-2-1-3-5-15)12-31-9-8-27(20)32(24,28)29/h1-7,10,17H,8-9,11-12H2,(H2,24,28,29). The van der Waals surface area contributed by atoms with Crippen LogP contribution in [0.2, 0.25) is 0 Å². The maximum atomic E-state index is 15.1. The van der Waals surface area contributed by atoms with E-state index in [1.807, 2.05) is 6.07 Å². The van der Waals surface area contributed by atoms with Crippen molar-refractivity contribution < 1.29 is 26.0 Å². The number of halogens is 3. The van der Waals surface area contributed by atoms with Gasteiger partial charge in [-0.15, -0.1) is 10.2 Å². The lowest BCUT2D eigenvalue weighted by atomic mass is 9.84. The van der Waals surface area contributed by atoms with Gasteiger partial charge in [-0.1, -0.05) is 36.4 Å². The second-order valence-corrected chi connectivity index (χ2v) is 9.87. The van der Waals surface area contributed by atoms with E-state index in [0.717, 1.165) is 6.07 Å². The highest BCUT2D eigenvalue weighted by molar-refractivity contribution is 7.99. The fourth-order valence-electron chi connectivity index (χ4n) is 3.84. The molecule has 32 heavy (non-hydrogen) atoms. The number of aromatic nitrogens is 2. The highest BCUT2D eigenvalue weighted by Crippen LogP contribution is 2.41. The minimum Gasteiger partial charge on any atom is -0.415 e. The van der Waals surface area contributed by atoms with E-state index in [0.29, 0.717) is 17.1 Å². The molecule has 7 nitrogen and oxygen atoms in total. The van der Waals surface area contributed by atoms with Crippen LogP contribution in [0, 0.1) is 5.82 Å². The number of hydrogen-bond donors (Lipinski definition) is 1. The average Bonchev–Trinajstić information content (AvgIpc) is 3.26. The topological polar surface area (TPSA) is 102 Å². The summed E-state index contributed by atoms with van der Waals surface area (Å²) in [5.74, 6) is -0.787. The van der Waals surface area contributed by atoms with Gasteiger partial charge in [0.25, 0.3) is 16.1 Å². The zero-order chi connectivity index (χ0) is 22.9. The Kier molecular flexibility index (Phi) is 6.30. The van der Waals surface area contributed by atoms with Crippen LogP contribution in [0.5, 0.6) is 0 Å². The molecule has 1 saturated heterocycles. The number of nitrogens with two attached hydrogens (primary N) is 1. The average molecular weight is 485 g/mol. The molecule has 0 radical (unpaired) electrons. The summed E-state index contributed by atoms with van der Waals surface area (Å²) in [7, 11) is -4.08. The molecule has 1 aliphatic rings. The first-order valence-electron chi connectivity index (χ1n) is 9.55. The first kappa shape index (κ1) is 22.8. The number of thioether (sulfide) groups is 1. The van der Waals surface area contributed by atoms with Crippen molar-refractivity contribution in [1.82, 2.24) is 14.5 Å². The van der Waals surface area contributed by atoms with Crippen LogP contribution in [-0.4, -0.2) is 41.0 Å². The van der Waals surface area contributed by atoms with Gasteiger partial charge in [0.2, 0.25) is 5.89 Å². The van der Waals surface area contributed by atoms with Crippen molar-refractivity contribution in [3.8, 4) is 11.5 Å². The molecule has 1 atom stereocenters. The second-order valence-electron chi connectivity index (χ2n) is 7.30. The van der Waals surface area contributed by atoms with E-state index in [-0.39, 0.29) is 30.0 Å². The van der Waals surface area contributed by atoms with Gasteiger partial charge in [-0.2, -0.15) is 33.3 Å². The van der Waals surface area contributed by atoms with E-state index in [1.54, 1.807) is 36.0 Å². The molecule has 0 saturated carbocycles. The zero-order valence-corrected chi connectivity index (χ0v) is 18.3. The Morgan fingerprint density at radius 3 is 2.56 bits per heavy atom. The van der Waals surface area contributed by atoms with Crippen LogP contribution in [0.3, 0.4) is 0 Å². The van der Waals surface area contributed by atoms with E-state index in [4.69, 9.17) is 9.56 Å². The van der Waals surface area contributed by atoms with Crippen molar-refractivity contribution in [1.29, 1.82) is 0 Å². The molecule has 0 amide bonds. The van der Waals surface area contributed by atoms with Crippen LogP contribution >= 0.6 is 11.8 Å². The van der Waals surface area contributed by atoms with Crippen LogP contribution in [-0.2, 0) is 22.2 Å². The van der Waals surface area contributed by atoms with Gasteiger partial charge < -0.3 is 4.42 Å². The molecule has 12 heteroatoms. The lowest BCUT2D eigenvalue weighted by Gasteiger charge is -2.45. The van der Waals surface area contributed by atoms with Crippen molar-refractivity contribution in [2.24, 2.45) is 5.14 Å². The molecule has 1 aromatic heterocycles. The van der Waals surface area contributed by atoms with Crippen LogP contribution in [0.25, 0.3) is 11.5 Å². The molecule has 0 aliphatic carbocycles. The van der Waals surface area contributed by atoms with E-state index >= 15 is 4.39 Å². The lowest BCUT2D eigenvalue weighted by molar-refractivity contribution is 0.116. The number of nitrogens with zero attached hydrogens (tertiary/aromatic N) is 3. The van der Waals surface area contributed by atoms with Crippen molar-refractivity contribution in [2.75, 3.05) is 18.1 Å². The third-order valence-electron chi connectivity index (χ3n) is 5.29. The van der Waals surface area contributed by atoms with Crippen molar-refractivity contribution in [3.63, 3.8) is 0 Å². The molecule has 4 rings (SSSR count). The van der Waals surface area contributed by atoms with Gasteiger partial charge in [0.1, 0.15) is 5.82 Å². The number of alkyl halides is 2. The monoisotopic (exact) mass is 484 g/mol. The largest absolute Gasteiger partial charge is 0.415 e. The van der Waals surface area contributed by atoms with Crippen molar-refractivity contribution >= 4 is 22.0 Å². The summed E-state index contributed by atoms with van der Waals surface area (Å²) in [5, 5.41) is 12.3. The normalized spacial score (nSPS) is 20.0. The third kappa shape index (κ3) is 4.40. The predicted molar refractivity (Wildman–Crippen MR) is 114 cm³/mol. The number of hydrogen-bond acceptors (Lipinski definition) is 6. The molecular weight excluding hydrogens is 465 g/mol. The molecule has 2 N–H and O–H groups in total. The van der Waals surface area contributed by atoms with Crippen molar-refractivity contribution in [3.05, 3.63) is 71.4 Å².